The van der Waals surface area contributed by atoms with Crippen molar-refractivity contribution in [2.24, 2.45) is 0 Å². The Bertz CT molecular complexity index is 662. The van der Waals surface area contributed by atoms with Crippen LogP contribution in [0.15, 0.2) is 29.1 Å². The van der Waals surface area contributed by atoms with Crippen LogP contribution in [-0.2, 0) is 0 Å². The minimum absolute atomic E-state index is 0.0167. The first-order valence-corrected chi connectivity index (χ1v) is 5.70. The predicted molar refractivity (Wildman–Crippen MR) is 62.2 cm³/mol. The van der Waals surface area contributed by atoms with Gasteiger partial charge >= 0.3 is 0 Å². The Morgan fingerprint density at radius 1 is 1.22 bits per heavy atom. The highest BCUT2D eigenvalue weighted by Crippen LogP contribution is 2.38. The normalized spacial score (nSPS) is 14.8. The number of hydrogen-bond donors (Lipinski definition) is 1. The Morgan fingerprint density at radius 3 is 2.72 bits per heavy atom. The number of H-pyrrole nitrogens is 1. The zero-order valence-electron chi connectivity index (χ0n) is 9.41. The van der Waals surface area contributed by atoms with E-state index in [9.17, 15) is 13.6 Å². The van der Waals surface area contributed by atoms with Gasteiger partial charge in [0.1, 0.15) is 17.5 Å². The molecule has 92 valence electrons. The van der Waals surface area contributed by atoms with E-state index in [4.69, 9.17) is 0 Å². The summed E-state index contributed by atoms with van der Waals surface area (Å²) in [5.74, 6) is -0.340. The molecule has 0 bridgehead atoms. The number of nitrogens with one attached hydrogen (secondary N) is 1. The van der Waals surface area contributed by atoms with Crippen LogP contribution < -0.4 is 5.56 Å². The topological polar surface area (TPSA) is 45.8 Å². The molecule has 1 aromatic carbocycles. The summed E-state index contributed by atoms with van der Waals surface area (Å²) in [5.41, 5.74) is -0.147. The van der Waals surface area contributed by atoms with Gasteiger partial charge in [-0.3, -0.25) is 4.79 Å². The largest absolute Gasteiger partial charge is 0.310 e. The van der Waals surface area contributed by atoms with Crippen LogP contribution in [0, 0.1) is 11.6 Å². The van der Waals surface area contributed by atoms with Crippen molar-refractivity contribution in [2.45, 2.75) is 18.8 Å². The molecule has 1 saturated carbocycles. The van der Waals surface area contributed by atoms with E-state index in [0.29, 0.717) is 5.82 Å². The molecule has 18 heavy (non-hydrogen) atoms. The molecule has 0 aliphatic heterocycles. The van der Waals surface area contributed by atoms with Crippen molar-refractivity contribution < 1.29 is 8.78 Å². The van der Waals surface area contributed by atoms with Crippen LogP contribution in [-0.4, -0.2) is 9.97 Å². The highest BCUT2D eigenvalue weighted by Gasteiger charge is 2.26. The van der Waals surface area contributed by atoms with Gasteiger partial charge in [0.25, 0.3) is 5.56 Å². The zero-order valence-corrected chi connectivity index (χ0v) is 9.41. The fourth-order valence-electron chi connectivity index (χ4n) is 1.86. The maximum absolute atomic E-state index is 13.6. The molecular formula is C13H10F2N2O. The maximum Gasteiger partial charge on any atom is 0.251 e. The van der Waals surface area contributed by atoms with E-state index >= 15 is 0 Å². The monoisotopic (exact) mass is 248 g/mol. The van der Waals surface area contributed by atoms with E-state index in [2.05, 4.69) is 9.97 Å². The van der Waals surface area contributed by atoms with Crippen LogP contribution in [0.5, 0.6) is 0 Å². The minimum Gasteiger partial charge on any atom is -0.310 e. The quantitative estimate of drug-likeness (QED) is 0.887. The van der Waals surface area contributed by atoms with Crippen molar-refractivity contribution in [3.8, 4) is 11.3 Å². The van der Waals surface area contributed by atoms with E-state index in [1.807, 2.05) is 0 Å². The Balaban J connectivity index is 2.15. The second-order valence-electron chi connectivity index (χ2n) is 4.41. The van der Waals surface area contributed by atoms with Gasteiger partial charge in [0.05, 0.1) is 5.69 Å². The van der Waals surface area contributed by atoms with Gasteiger partial charge in [-0.1, -0.05) is 0 Å². The van der Waals surface area contributed by atoms with Crippen LogP contribution in [0.2, 0.25) is 0 Å². The number of benzene rings is 1. The highest BCUT2D eigenvalue weighted by molar-refractivity contribution is 5.59. The number of halogens is 2. The molecule has 1 aliphatic carbocycles. The summed E-state index contributed by atoms with van der Waals surface area (Å²) in [5, 5.41) is 0. The van der Waals surface area contributed by atoms with Crippen LogP contribution in [0.3, 0.4) is 0 Å². The fraction of sp³-hybridized carbons (Fsp3) is 0.231. The molecule has 5 heteroatoms. The molecule has 0 saturated heterocycles. The summed E-state index contributed by atoms with van der Waals surface area (Å²) in [7, 11) is 0. The lowest BCUT2D eigenvalue weighted by atomic mass is 10.1. The summed E-state index contributed by atoms with van der Waals surface area (Å²) in [4.78, 5) is 18.3. The molecule has 3 nitrogen and oxygen atoms in total. The van der Waals surface area contributed by atoms with Crippen molar-refractivity contribution >= 4 is 0 Å². The third kappa shape index (κ3) is 2.03. The van der Waals surface area contributed by atoms with Gasteiger partial charge in [0, 0.05) is 17.5 Å². The first kappa shape index (κ1) is 11.1. The average molecular weight is 248 g/mol. The Morgan fingerprint density at radius 2 is 2.00 bits per heavy atom. The van der Waals surface area contributed by atoms with Crippen molar-refractivity contribution in [3.05, 3.63) is 52.1 Å². The van der Waals surface area contributed by atoms with E-state index in [1.54, 1.807) is 0 Å². The lowest BCUT2D eigenvalue weighted by molar-refractivity contribution is 0.602. The van der Waals surface area contributed by atoms with Gasteiger partial charge in [-0.2, -0.15) is 0 Å². The highest BCUT2D eigenvalue weighted by atomic mass is 19.1. The maximum atomic E-state index is 13.6. The molecule has 2 aromatic rings. The van der Waals surface area contributed by atoms with Gasteiger partial charge in [-0.25, -0.2) is 13.8 Å². The molecule has 0 radical (unpaired) electrons. The molecule has 1 heterocycles. The second kappa shape index (κ2) is 4.01. The second-order valence-corrected chi connectivity index (χ2v) is 4.41. The van der Waals surface area contributed by atoms with E-state index in [-0.39, 0.29) is 22.7 Å². The van der Waals surface area contributed by atoms with Crippen LogP contribution >= 0.6 is 0 Å². The molecule has 1 fully saturated rings. The SMILES string of the molecule is O=c1cc(-c2cc(F)ccc2F)nc(C2CC2)[nH]1. The number of nitrogens with zero attached hydrogens (tertiary/aromatic N) is 1. The number of hydrogen-bond acceptors (Lipinski definition) is 2. The summed E-state index contributed by atoms with van der Waals surface area (Å²) in [6.45, 7) is 0. The van der Waals surface area contributed by atoms with E-state index < -0.39 is 11.6 Å². The number of aromatic amines is 1. The van der Waals surface area contributed by atoms with Gasteiger partial charge in [0.2, 0.25) is 0 Å². The summed E-state index contributed by atoms with van der Waals surface area (Å²) >= 11 is 0. The van der Waals surface area contributed by atoms with E-state index in [0.717, 1.165) is 31.0 Å². The Hall–Kier alpha value is -2.04. The summed E-state index contributed by atoms with van der Waals surface area (Å²) in [6.07, 6.45) is 1.94. The van der Waals surface area contributed by atoms with Gasteiger partial charge < -0.3 is 4.98 Å². The third-order valence-corrected chi connectivity index (χ3v) is 2.93. The fourth-order valence-corrected chi connectivity index (χ4v) is 1.86. The zero-order chi connectivity index (χ0) is 12.7. The third-order valence-electron chi connectivity index (χ3n) is 2.93. The van der Waals surface area contributed by atoms with Crippen LogP contribution in [0.4, 0.5) is 8.78 Å². The first-order valence-electron chi connectivity index (χ1n) is 5.70. The molecule has 0 atom stereocenters. The predicted octanol–water partition coefficient (Wildman–Crippen LogP) is 2.59. The Labute approximate surface area is 102 Å². The number of rotatable bonds is 2. The average Bonchev–Trinajstić information content (AvgIpc) is 3.15. The molecule has 1 aromatic heterocycles. The number of aromatic nitrogens is 2. The summed E-state index contributed by atoms with van der Waals surface area (Å²) in [6, 6.07) is 4.30. The molecular weight excluding hydrogens is 238 g/mol. The lowest BCUT2D eigenvalue weighted by Crippen LogP contribution is -2.10. The van der Waals surface area contributed by atoms with E-state index in [1.165, 1.54) is 6.07 Å². The standard InChI is InChI=1S/C13H10F2N2O/c14-8-3-4-10(15)9(5-8)11-6-12(18)17-13(16-11)7-1-2-7/h3-7H,1-2H2,(H,16,17,18). The molecule has 1 aliphatic rings. The smallest absolute Gasteiger partial charge is 0.251 e. The minimum atomic E-state index is -0.587. The molecule has 0 amide bonds. The first-order chi connectivity index (χ1) is 8.63. The van der Waals surface area contributed by atoms with Crippen LogP contribution in [0.25, 0.3) is 11.3 Å². The lowest BCUT2D eigenvalue weighted by Gasteiger charge is -2.05. The van der Waals surface area contributed by atoms with Crippen molar-refractivity contribution in [3.63, 3.8) is 0 Å². The van der Waals surface area contributed by atoms with Gasteiger partial charge in [-0.05, 0) is 31.0 Å². The molecule has 3 rings (SSSR count). The van der Waals surface area contributed by atoms with Gasteiger partial charge in [0.15, 0.2) is 0 Å². The molecule has 1 N–H and O–H groups in total. The summed E-state index contributed by atoms with van der Waals surface area (Å²) < 4.78 is 26.7. The Kier molecular flexibility index (Phi) is 2.47. The van der Waals surface area contributed by atoms with Crippen molar-refractivity contribution in [1.82, 2.24) is 9.97 Å². The van der Waals surface area contributed by atoms with Crippen molar-refractivity contribution in [1.29, 1.82) is 0 Å². The van der Waals surface area contributed by atoms with Gasteiger partial charge in [-0.15, -0.1) is 0 Å². The molecule has 0 unspecified atom stereocenters. The van der Waals surface area contributed by atoms with Crippen LogP contribution in [0.1, 0.15) is 24.6 Å². The molecule has 0 spiro atoms. The van der Waals surface area contributed by atoms with Crippen molar-refractivity contribution in [2.75, 3.05) is 0 Å².